The van der Waals surface area contributed by atoms with Crippen LogP contribution in [-0.4, -0.2) is 98.7 Å². The molecule has 8 unspecified atom stereocenters. The summed E-state index contributed by atoms with van der Waals surface area (Å²) in [5.74, 6) is -0.630. The van der Waals surface area contributed by atoms with Gasteiger partial charge in [-0.2, -0.15) is 0 Å². The van der Waals surface area contributed by atoms with E-state index < -0.39 is 61.5 Å². The summed E-state index contributed by atoms with van der Waals surface area (Å²) in [5.41, 5.74) is 0. The van der Waals surface area contributed by atoms with Gasteiger partial charge in [-0.25, -0.2) is 0 Å². The van der Waals surface area contributed by atoms with Gasteiger partial charge in [-0.15, -0.1) is 0 Å². The van der Waals surface area contributed by atoms with Gasteiger partial charge in [-0.3, -0.25) is 4.79 Å². The molecule has 8 atom stereocenters. The third-order valence-corrected chi connectivity index (χ3v) is 13.5. The molecule has 10 heteroatoms. The van der Waals surface area contributed by atoms with E-state index in [9.17, 15) is 35.4 Å². The molecular weight excluding hydrogens is 855 g/mol. The highest BCUT2D eigenvalue weighted by Crippen LogP contribution is 2.23. The fraction of sp³-hybridized carbons (Fsp3) is 0.845. The molecule has 0 saturated carbocycles. The summed E-state index contributed by atoms with van der Waals surface area (Å²) in [4.78, 5) is 13.1. The van der Waals surface area contributed by atoms with Crippen LogP contribution in [0, 0.1) is 0 Å². The lowest BCUT2D eigenvalue weighted by Gasteiger charge is -2.40. The van der Waals surface area contributed by atoms with Crippen molar-refractivity contribution < 1.29 is 44.9 Å². The van der Waals surface area contributed by atoms with Crippen molar-refractivity contribution in [3.05, 3.63) is 48.6 Å². The summed E-state index contributed by atoms with van der Waals surface area (Å²) in [6, 6.07) is -1.00. The zero-order valence-electron chi connectivity index (χ0n) is 43.7. The van der Waals surface area contributed by atoms with Crippen molar-refractivity contribution in [2.45, 2.75) is 300 Å². The average Bonchev–Trinajstić information content (AvgIpc) is 3.34. The van der Waals surface area contributed by atoms with Crippen LogP contribution in [0.4, 0.5) is 0 Å². The lowest BCUT2D eigenvalue weighted by atomic mass is 9.99. The molecule has 1 heterocycles. The van der Waals surface area contributed by atoms with Crippen LogP contribution in [0.15, 0.2) is 48.6 Å². The molecule has 0 aromatic carbocycles. The number of rotatable bonds is 48. The van der Waals surface area contributed by atoms with Crippen LogP contribution < -0.4 is 5.32 Å². The van der Waals surface area contributed by atoms with Crippen LogP contribution in [0.25, 0.3) is 0 Å². The van der Waals surface area contributed by atoms with Crippen molar-refractivity contribution >= 4 is 5.91 Å². The number of aliphatic hydroxyl groups is 6. The quantitative estimate of drug-likeness (QED) is 0.0232. The van der Waals surface area contributed by atoms with E-state index in [1.54, 1.807) is 6.08 Å². The Kier molecular flexibility index (Phi) is 44.7. The number of aliphatic hydroxyl groups excluding tert-OH is 6. The van der Waals surface area contributed by atoms with Crippen LogP contribution in [0.3, 0.4) is 0 Å². The third-order valence-electron chi connectivity index (χ3n) is 13.5. The Morgan fingerprint density at radius 3 is 1.28 bits per heavy atom. The summed E-state index contributed by atoms with van der Waals surface area (Å²) in [5, 5.41) is 64.9. The van der Waals surface area contributed by atoms with Crippen LogP contribution in [0.5, 0.6) is 0 Å². The van der Waals surface area contributed by atoms with E-state index in [1.807, 2.05) is 6.08 Å². The van der Waals surface area contributed by atoms with Crippen molar-refractivity contribution in [1.82, 2.24) is 5.32 Å². The standard InChI is InChI=1S/C58H107NO9/c1-3-5-7-9-11-13-15-17-19-21-22-23-24-25-26-27-28-29-30-31-33-35-37-39-41-43-45-47-52(62)57(66)59-50(49-67-58-56(65)55(64)54(63)53(48-60)68-58)51(61)46-44-42-40-38-36-34-32-20-18-16-14-12-10-8-6-4-2/h18,20,25-26,36,38,44,46,50-56,58,60-65H,3-17,19,21-24,27-35,37,39-43,45,47-49H2,1-2H3,(H,59,66)/b20-18+,26-25-,38-36+,46-44+. The lowest BCUT2D eigenvalue weighted by Crippen LogP contribution is -2.60. The molecule has 0 bridgehead atoms. The van der Waals surface area contributed by atoms with E-state index in [2.05, 4.69) is 55.6 Å². The highest BCUT2D eigenvalue weighted by atomic mass is 16.7. The molecule has 1 aliphatic heterocycles. The van der Waals surface area contributed by atoms with Crippen LogP contribution in [-0.2, 0) is 14.3 Å². The maximum absolute atomic E-state index is 13.1. The minimum absolute atomic E-state index is 0.300. The van der Waals surface area contributed by atoms with Gasteiger partial charge < -0.3 is 45.4 Å². The van der Waals surface area contributed by atoms with E-state index in [0.717, 1.165) is 44.9 Å². The van der Waals surface area contributed by atoms with E-state index in [0.29, 0.717) is 19.3 Å². The zero-order valence-corrected chi connectivity index (χ0v) is 43.7. The number of carbonyl (C=O) groups is 1. The Balaban J connectivity index is 2.27. The molecule has 68 heavy (non-hydrogen) atoms. The second kappa shape index (κ2) is 47.4. The Morgan fingerprint density at radius 2 is 0.868 bits per heavy atom. The first-order valence-electron chi connectivity index (χ1n) is 28.5. The van der Waals surface area contributed by atoms with Crippen LogP contribution in [0.1, 0.15) is 251 Å². The van der Waals surface area contributed by atoms with E-state index in [-0.39, 0.29) is 6.61 Å². The molecular formula is C58H107NO9. The highest BCUT2D eigenvalue weighted by Gasteiger charge is 2.44. The summed E-state index contributed by atoms with van der Waals surface area (Å²) in [6.45, 7) is 3.60. The predicted octanol–water partition coefficient (Wildman–Crippen LogP) is 12.7. The molecule has 0 aliphatic carbocycles. The number of allylic oxidation sites excluding steroid dienone is 7. The number of carbonyl (C=O) groups excluding carboxylic acids is 1. The van der Waals surface area contributed by atoms with Gasteiger partial charge in [-0.05, 0) is 70.6 Å². The molecule has 1 saturated heterocycles. The average molecular weight is 962 g/mol. The molecule has 0 aromatic heterocycles. The third kappa shape index (κ3) is 36.1. The van der Waals surface area contributed by atoms with Crippen molar-refractivity contribution in [3.63, 3.8) is 0 Å². The molecule has 398 valence electrons. The van der Waals surface area contributed by atoms with E-state index >= 15 is 0 Å². The lowest BCUT2D eigenvalue weighted by molar-refractivity contribution is -0.302. The number of amides is 1. The molecule has 1 fully saturated rings. The highest BCUT2D eigenvalue weighted by molar-refractivity contribution is 5.80. The molecule has 1 aliphatic rings. The Bertz CT molecular complexity index is 1220. The van der Waals surface area contributed by atoms with Gasteiger partial charge in [0.05, 0.1) is 25.4 Å². The second-order valence-corrected chi connectivity index (χ2v) is 19.8. The summed E-state index contributed by atoms with van der Waals surface area (Å²) in [7, 11) is 0. The van der Waals surface area contributed by atoms with Crippen molar-refractivity contribution in [2.75, 3.05) is 13.2 Å². The summed E-state index contributed by atoms with van der Waals surface area (Å²) < 4.78 is 11.2. The largest absolute Gasteiger partial charge is 0.394 e. The van der Waals surface area contributed by atoms with Gasteiger partial charge in [-0.1, -0.05) is 229 Å². The van der Waals surface area contributed by atoms with Crippen molar-refractivity contribution in [2.24, 2.45) is 0 Å². The second-order valence-electron chi connectivity index (χ2n) is 19.8. The molecule has 0 spiro atoms. The van der Waals surface area contributed by atoms with Gasteiger partial charge in [0.2, 0.25) is 5.91 Å². The van der Waals surface area contributed by atoms with Gasteiger partial charge in [0.15, 0.2) is 6.29 Å². The Labute approximate surface area is 416 Å². The van der Waals surface area contributed by atoms with Crippen LogP contribution in [0.2, 0.25) is 0 Å². The maximum Gasteiger partial charge on any atom is 0.249 e. The topological polar surface area (TPSA) is 169 Å². The first-order valence-corrected chi connectivity index (χ1v) is 28.5. The predicted molar refractivity (Wildman–Crippen MR) is 282 cm³/mol. The number of hydrogen-bond donors (Lipinski definition) is 7. The summed E-state index contributed by atoms with van der Waals surface area (Å²) >= 11 is 0. The van der Waals surface area contributed by atoms with Crippen LogP contribution >= 0.6 is 0 Å². The number of nitrogens with one attached hydrogen (secondary N) is 1. The first-order chi connectivity index (χ1) is 33.3. The van der Waals surface area contributed by atoms with Gasteiger partial charge in [0.1, 0.15) is 30.5 Å². The van der Waals surface area contributed by atoms with Crippen molar-refractivity contribution in [1.29, 1.82) is 0 Å². The van der Waals surface area contributed by atoms with E-state index in [1.165, 1.54) is 173 Å². The molecule has 10 nitrogen and oxygen atoms in total. The Morgan fingerprint density at radius 1 is 0.500 bits per heavy atom. The molecule has 1 amide bonds. The molecule has 7 N–H and O–H groups in total. The van der Waals surface area contributed by atoms with Crippen molar-refractivity contribution in [3.8, 4) is 0 Å². The normalized spacial score (nSPS) is 20.4. The number of ether oxygens (including phenoxy) is 2. The number of hydrogen-bond acceptors (Lipinski definition) is 9. The molecule has 0 aromatic rings. The fourth-order valence-electron chi connectivity index (χ4n) is 8.84. The minimum atomic E-state index is -1.62. The summed E-state index contributed by atoms with van der Waals surface area (Å²) in [6.07, 6.45) is 52.2. The zero-order chi connectivity index (χ0) is 49.6. The first kappa shape index (κ1) is 64.1. The number of unbranched alkanes of at least 4 members (excludes halogenated alkanes) is 31. The molecule has 0 radical (unpaired) electrons. The van der Waals surface area contributed by atoms with Gasteiger partial charge in [0.25, 0.3) is 0 Å². The smallest absolute Gasteiger partial charge is 0.249 e. The molecule has 1 rings (SSSR count). The maximum atomic E-state index is 13.1. The Hall–Kier alpha value is -1.89. The van der Waals surface area contributed by atoms with Gasteiger partial charge in [0, 0.05) is 0 Å². The minimum Gasteiger partial charge on any atom is -0.394 e. The fourth-order valence-corrected chi connectivity index (χ4v) is 8.84. The van der Waals surface area contributed by atoms with Gasteiger partial charge >= 0.3 is 0 Å². The van der Waals surface area contributed by atoms with E-state index in [4.69, 9.17) is 9.47 Å². The SMILES string of the molecule is CCCCCCCC/C=C/CC/C=C/CC/C=C/C(O)C(COC1OC(CO)C(O)C(O)C1O)NC(=O)C(O)CCCCCCCCCCCCC/C=C\CCCCCCCCCCCCCC. The monoisotopic (exact) mass is 962 g/mol.